The first-order valence-corrected chi connectivity index (χ1v) is 23.4. The van der Waals surface area contributed by atoms with E-state index < -0.39 is 21.4 Å². The summed E-state index contributed by atoms with van der Waals surface area (Å²) in [5, 5.41) is 12.3. The maximum absolute atomic E-state index is 12.4. The molecule has 71 heavy (non-hydrogen) atoms. The van der Waals surface area contributed by atoms with Crippen LogP contribution in [0.3, 0.4) is 0 Å². The largest absolute Gasteiger partial charge is 0.361 e. The minimum atomic E-state index is -3.32. The molecule has 0 unspecified atom stereocenters. The summed E-state index contributed by atoms with van der Waals surface area (Å²) in [7, 11) is 1.40. The molecule has 9 rings (SSSR count). The highest BCUT2D eigenvalue weighted by Crippen LogP contribution is 2.09. The molecule has 0 saturated heterocycles. The summed E-state index contributed by atoms with van der Waals surface area (Å²) in [5.74, 6) is 2.23. The molecule has 374 valence electrons. The maximum atomic E-state index is 12.4. The van der Waals surface area contributed by atoms with Crippen molar-refractivity contribution in [2.24, 2.45) is 21.1 Å². The van der Waals surface area contributed by atoms with Gasteiger partial charge in [0.1, 0.15) is 52.4 Å². The van der Waals surface area contributed by atoms with Gasteiger partial charge in [-0.05, 0) is 40.0 Å². The van der Waals surface area contributed by atoms with Crippen molar-refractivity contribution < 1.29 is 26.2 Å². The number of aryl methyl sites for hydroxylation is 9. The molecule has 0 atom stereocenters. The van der Waals surface area contributed by atoms with Gasteiger partial charge in [0, 0.05) is 90.3 Å². The second-order valence-corrected chi connectivity index (χ2v) is 17.5. The van der Waals surface area contributed by atoms with Gasteiger partial charge >= 0.3 is 17.1 Å². The average Bonchev–Trinajstić information content (AvgIpc) is 4.10. The van der Waals surface area contributed by atoms with Gasteiger partial charge in [-0.25, -0.2) is 44.3 Å². The molecule has 0 saturated carbocycles. The van der Waals surface area contributed by atoms with Crippen LogP contribution in [0.5, 0.6) is 0 Å². The Bertz CT molecular complexity index is 3630. The van der Waals surface area contributed by atoms with Crippen molar-refractivity contribution in [3.63, 3.8) is 0 Å². The Balaban J connectivity index is 0.000000159. The number of rotatable bonds is 13. The lowest BCUT2D eigenvalue weighted by Gasteiger charge is -2.08. The number of nitrogens with zero attached hydrogens (tertiary/aromatic N) is 14. The minimum absolute atomic E-state index is 0.179. The van der Waals surface area contributed by atoms with Crippen molar-refractivity contribution in [2.75, 3.05) is 12.9 Å². The van der Waals surface area contributed by atoms with Crippen molar-refractivity contribution in [1.29, 1.82) is 0 Å². The molecule has 0 fully saturated rings. The zero-order valence-corrected chi connectivity index (χ0v) is 40.4. The molecule has 0 spiro atoms. The van der Waals surface area contributed by atoms with Crippen LogP contribution in [0.4, 0.5) is 0 Å². The Morgan fingerprint density at radius 1 is 0.563 bits per heavy atom. The fraction of sp³-hybridized carbons (Fsp3) is 0.372. The molecule has 0 amide bonds. The Morgan fingerprint density at radius 2 is 0.944 bits per heavy atom. The van der Waals surface area contributed by atoms with Crippen LogP contribution in [-0.4, -0.2) is 94.5 Å². The van der Waals surface area contributed by atoms with Gasteiger partial charge in [-0.1, -0.05) is 15.5 Å². The fourth-order valence-electron chi connectivity index (χ4n) is 6.86. The second kappa shape index (κ2) is 23.3. The van der Waals surface area contributed by atoms with Gasteiger partial charge in [-0.2, -0.15) is 8.42 Å². The molecule has 1 N–H and O–H groups in total. The van der Waals surface area contributed by atoms with Crippen molar-refractivity contribution >= 4 is 43.2 Å². The van der Waals surface area contributed by atoms with E-state index >= 15 is 0 Å². The van der Waals surface area contributed by atoms with Crippen molar-refractivity contribution in [3.05, 3.63) is 153 Å². The lowest BCUT2D eigenvalue weighted by Crippen LogP contribution is -2.39. The average molecular weight is 1000 g/mol. The standard InChI is InChI=1S/2C14H15N5O3.C8H13NO4S.C7H6N4O2/c2*1-9-6-10(22-17-9)4-3-5-19-13(20)11-7-15-8-16-12(11)18(2)14(19)21;1-7-6-8(13-9-7)4-3-5-12-14(2,10)11;1-11-5-4(2-8-3-9-5)6(12)10-7(11)13/h2*6-8H,3-5H2,1-2H3;6H,3-5H2,1-2H3;2-3H,1H3,(H,10,12,13). The van der Waals surface area contributed by atoms with Crippen molar-refractivity contribution in [3.8, 4) is 0 Å². The van der Waals surface area contributed by atoms with E-state index in [0.717, 1.165) is 40.6 Å². The van der Waals surface area contributed by atoms with E-state index in [-0.39, 0.29) is 29.1 Å². The van der Waals surface area contributed by atoms with Crippen molar-refractivity contribution in [2.45, 2.75) is 72.4 Å². The van der Waals surface area contributed by atoms with E-state index in [1.165, 1.54) is 67.5 Å². The van der Waals surface area contributed by atoms with Gasteiger partial charge in [-0.3, -0.25) is 46.4 Å². The van der Waals surface area contributed by atoms with Crippen LogP contribution >= 0.6 is 0 Å². The molecule has 9 aromatic heterocycles. The van der Waals surface area contributed by atoms with Gasteiger partial charge in [0.15, 0.2) is 16.9 Å². The smallest absolute Gasteiger partial charge is 0.332 e. The van der Waals surface area contributed by atoms with E-state index in [9.17, 15) is 37.2 Å². The van der Waals surface area contributed by atoms with Crippen LogP contribution in [0.25, 0.3) is 33.1 Å². The molecule has 0 radical (unpaired) electrons. The van der Waals surface area contributed by atoms with Gasteiger partial charge in [0.2, 0.25) is 0 Å². The van der Waals surface area contributed by atoms with Gasteiger partial charge in [-0.15, -0.1) is 0 Å². The third-order valence-corrected chi connectivity index (χ3v) is 10.9. The van der Waals surface area contributed by atoms with E-state index in [2.05, 4.69) is 54.5 Å². The molecule has 9 heterocycles. The fourth-order valence-corrected chi connectivity index (χ4v) is 7.28. The lowest BCUT2D eigenvalue weighted by atomic mass is 10.2. The van der Waals surface area contributed by atoms with E-state index in [4.69, 9.17) is 13.6 Å². The number of aromatic amines is 1. The van der Waals surface area contributed by atoms with E-state index in [1.807, 2.05) is 39.0 Å². The molecule has 0 bridgehead atoms. The van der Waals surface area contributed by atoms with Crippen LogP contribution in [0.2, 0.25) is 0 Å². The predicted molar refractivity (Wildman–Crippen MR) is 253 cm³/mol. The predicted octanol–water partition coefficient (Wildman–Crippen LogP) is 0.747. The van der Waals surface area contributed by atoms with Crippen LogP contribution in [0, 0.1) is 20.8 Å². The van der Waals surface area contributed by atoms with Crippen molar-refractivity contribution in [1.82, 2.24) is 73.2 Å². The Labute approximate surface area is 400 Å². The van der Waals surface area contributed by atoms with Gasteiger partial charge in [0.25, 0.3) is 26.8 Å². The SMILES string of the molecule is Cc1cc(CCCOS(C)(=O)=O)on1.Cc1cc(CCCn2c(=O)c3cncnc3n(C)c2=O)on1.Cc1cc(CCCn2c(=O)c3cncnc3n(C)c2=O)on1.Cn1c(=O)[nH]c(=O)c2cncnc21. The summed E-state index contributed by atoms with van der Waals surface area (Å²) >= 11 is 0. The zero-order chi connectivity index (χ0) is 51.4. The van der Waals surface area contributed by atoms with E-state index in [0.29, 0.717) is 84.7 Å². The second-order valence-electron chi connectivity index (χ2n) is 15.8. The number of H-pyrrole nitrogens is 1. The molecular formula is C43H49N15O12S. The summed E-state index contributed by atoms with van der Waals surface area (Å²) < 4.78 is 47.3. The summed E-state index contributed by atoms with van der Waals surface area (Å²) in [6.07, 6.45) is 12.9. The number of hydrogen-bond acceptors (Lipinski definition) is 21. The van der Waals surface area contributed by atoms with E-state index in [1.54, 1.807) is 14.1 Å². The molecule has 0 aliphatic heterocycles. The third-order valence-electron chi connectivity index (χ3n) is 10.3. The number of nitrogens with one attached hydrogen (secondary N) is 1. The maximum Gasteiger partial charge on any atom is 0.332 e. The first-order valence-electron chi connectivity index (χ1n) is 21.6. The molecule has 28 heteroatoms. The lowest BCUT2D eigenvalue weighted by molar-refractivity contribution is 0.304. The van der Waals surface area contributed by atoms with Crippen LogP contribution in [0.1, 0.15) is 53.6 Å². The third kappa shape index (κ3) is 13.4. The van der Waals surface area contributed by atoms with Crippen LogP contribution in [0.15, 0.2) is 98.1 Å². The molecule has 0 aliphatic carbocycles. The zero-order valence-electron chi connectivity index (χ0n) is 39.6. The Hall–Kier alpha value is -8.40. The molecular weight excluding hydrogens is 951 g/mol. The molecule has 9 aromatic rings. The summed E-state index contributed by atoms with van der Waals surface area (Å²) in [4.78, 5) is 97.0. The quantitative estimate of drug-likeness (QED) is 0.123. The van der Waals surface area contributed by atoms with Gasteiger partial charge < -0.3 is 13.6 Å². The Kier molecular flexibility index (Phi) is 17.0. The Morgan fingerprint density at radius 3 is 1.32 bits per heavy atom. The highest BCUT2D eigenvalue weighted by atomic mass is 32.2. The normalized spacial score (nSPS) is 11.2. The molecule has 0 aliphatic rings. The number of hydrogen-bond donors (Lipinski definition) is 1. The summed E-state index contributed by atoms with van der Waals surface area (Å²) in [6, 6.07) is 5.50. The summed E-state index contributed by atoms with van der Waals surface area (Å²) in [6.45, 7) is 6.30. The number of aromatic nitrogens is 15. The number of fused-ring (bicyclic) bond motifs is 3. The first-order chi connectivity index (χ1) is 33.8. The summed E-state index contributed by atoms with van der Waals surface area (Å²) in [5.41, 5.74) is 1.02. The molecule has 27 nitrogen and oxygen atoms in total. The highest BCUT2D eigenvalue weighted by Gasteiger charge is 2.14. The minimum Gasteiger partial charge on any atom is -0.361 e. The van der Waals surface area contributed by atoms with Crippen LogP contribution in [-0.2, 0) is 67.8 Å². The monoisotopic (exact) mass is 999 g/mol. The van der Waals surface area contributed by atoms with Crippen LogP contribution < -0.4 is 33.7 Å². The van der Waals surface area contributed by atoms with Gasteiger partial charge in [0.05, 0.1) is 29.9 Å². The molecule has 0 aromatic carbocycles. The topological polar surface area (TPSA) is 342 Å². The first kappa shape index (κ1) is 52.0. The highest BCUT2D eigenvalue weighted by molar-refractivity contribution is 7.85.